The number of nitrogen functional groups attached to an aromatic ring is 1. The van der Waals surface area contributed by atoms with E-state index in [9.17, 15) is 13.5 Å². The Labute approximate surface area is 115 Å². The minimum atomic E-state index is -3.73. The number of sulfonamides is 1. The molecule has 2 rings (SSSR count). The highest BCUT2D eigenvalue weighted by molar-refractivity contribution is 7.89. The molecule has 0 atom stereocenters. The monoisotopic (exact) mass is 292 g/mol. The van der Waals surface area contributed by atoms with Crippen LogP contribution >= 0.6 is 0 Å². The highest BCUT2D eigenvalue weighted by Gasteiger charge is 2.06. The standard InChI is InChI=1S/C12H12N4O3S/c13-8-1-6-12(17)11(7-8)16-15-9-2-4-10(5-3-9)20(14,18)19/h1-7,17H,13H2,(H2,14,18,19). The summed E-state index contributed by atoms with van der Waals surface area (Å²) < 4.78 is 22.2. The van der Waals surface area contributed by atoms with Gasteiger partial charge in [0.2, 0.25) is 10.0 Å². The lowest BCUT2D eigenvalue weighted by Gasteiger charge is -2.00. The first kappa shape index (κ1) is 14.0. The maximum absolute atomic E-state index is 11.1. The average molecular weight is 292 g/mol. The Bertz CT molecular complexity index is 755. The molecule has 0 aliphatic carbocycles. The Balaban J connectivity index is 2.26. The predicted octanol–water partition coefficient (Wildman–Crippen LogP) is 2.04. The SMILES string of the molecule is Nc1ccc(O)c(N=Nc2ccc(S(N)(=O)=O)cc2)c1. The number of primary sulfonamides is 1. The van der Waals surface area contributed by atoms with E-state index in [1.807, 2.05) is 0 Å². The Morgan fingerprint density at radius 3 is 2.25 bits per heavy atom. The van der Waals surface area contributed by atoms with Crippen LogP contribution in [0.4, 0.5) is 17.1 Å². The Morgan fingerprint density at radius 1 is 1.00 bits per heavy atom. The molecular formula is C12H12N4O3S. The van der Waals surface area contributed by atoms with Crippen molar-refractivity contribution in [2.45, 2.75) is 4.90 Å². The maximum Gasteiger partial charge on any atom is 0.238 e. The van der Waals surface area contributed by atoms with Crippen LogP contribution in [0.1, 0.15) is 0 Å². The number of rotatable bonds is 3. The second-order valence-electron chi connectivity index (χ2n) is 3.99. The van der Waals surface area contributed by atoms with E-state index in [4.69, 9.17) is 10.9 Å². The van der Waals surface area contributed by atoms with Crippen molar-refractivity contribution in [3.8, 4) is 5.75 Å². The molecule has 0 radical (unpaired) electrons. The van der Waals surface area contributed by atoms with Crippen molar-refractivity contribution in [3.63, 3.8) is 0 Å². The second kappa shape index (κ2) is 5.27. The number of benzene rings is 2. The molecular weight excluding hydrogens is 280 g/mol. The molecule has 0 spiro atoms. The van der Waals surface area contributed by atoms with Gasteiger partial charge < -0.3 is 10.8 Å². The van der Waals surface area contributed by atoms with Crippen LogP contribution in [0.5, 0.6) is 5.75 Å². The zero-order valence-electron chi connectivity index (χ0n) is 10.3. The third-order valence-electron chi connectivity index (χ3n) is 2.44. The quantitative estimate of drug-likeness (QED) is 0.453. The minimum Gasteiger partial charge on any atom is -0.506 e. The van der Waals surface area contributed by atoms with Gasteiger partial charge in [-0.25, -0.2) is 13.6 Å². The molecule has 2 aromatic rings. The lowest BCUT2D eigenvalue weighted by atomic mass is 10.2. The number of hydrogen-bond donors (Lipinski definition) is 3. The summed E-state index contributed by atoms with van der Waals surface area (Å²) in [7, 11) is -3.73. The Morgan fingerprint density at radius 2 is 1.65 bits per heavy atom. The molecule has 0 aliphatic heterocycles. The van der Waals surface area contributed by atoms with E-state index in [1.165, 1.54) is 42.5 Å². The first-order valence-corrected chi connectivity index (χ1v) is 7.04. The van der Waals surface area contributed by atoms with Crippen LogP contribution in [0, 0.1) is 0 Å². The van der Waals surface area contributed by atoms with Gasteiger partial charge in [0.25, 0.3) is 0 Å². The van der Waals surface area contributed by atoms with E-state index in [1.54, 1.807) is 0 Å². The molecule has 0 saturated heterocycles. The molecule has 0 fully saturated rings. The van der Waals surface area contributed by atoms with Gasteiger partial charge in [0, 0.05) is 5.69 Å². The van der Waals surface area contributed by atoms with Crippen molar-refractivity contribution in [2.75, 3.05) is 5.73 Å². The summed E-state index contributed by atoms with van der Waals surface area (Å²) in [5.41, 5.74) is 6.66. The lowest BCUT2D eigenvalue weighted by Crippen LogP contribution is -2.11. The van der Waals surface area contributed by atoms with E-state index in [-0.39, 0.29) is 16.3 Å². The molecule has 0 saturated carbocycles. The largest absolute Gasteiger partial charge is 0.506 e. The molecule has 5 N–H and O–H groups in total. The molecule has 0 aromatic heterocycles. The molecule has 0 aliphatic rings. The van der Waals surface area contributed by atoms with Crippen LogP contribution in [-0.4, -0.2) is 13.5 Å². The molecule has 0 unspecified atom stereocenters. The smallest absolute Gasteiger partial charge is 0.238 e. The highest BCUT2D eigenvalue weighted by atomic mass is 32.2. The summed E-state index contributed by atoms with van der Waals surface area (Å²) in [6.07, 6.45) is 0. The van der Waals surface area contributed by atoms with Gasteiger partial charge in [-0.2, -0.15) is 5.11 Å². The fraction of sp³-hybridized carbons (Fsp3) is 0. The topological polar surface area (TPSA) is 131 Å². The van der Waals surface area contributed by atoms with E-state index in [2.05, 4.69) is 10.2 Å². The number of hydrogen-bond acceptors (Lipinski definition) is 6. The van der Waals surface area contributed by atoms with Gasteiger partial charge in [-0.3, -0.25) is 0 Å². The van der Waals surface area contributed by atoms with Crippen LogP contribution in [0.15, 0.2) is 57.6 Å². The molecule has 20 heavy (non-hydrogen) atoms. The highest BCUT2D eigenvalue weighted by Crippen LogP contribution is 2.30. The first-order chi connectivity index (χ1) is 9.36. The summed E-state index contributed by atoms with van der Waals surface area (Å²) >= 11 is 0. The van der Waals surface area contributed by atoms with Crippen molar-refractivity contribution >= 4 is 27.1 Å². The van der Waals surface area contributed by atoms with Gasteiger partial charge >= 0.3 is 0 Å². The molecule has 8 heteroatoms. The Kier molecular flexibility index (Phi) is 3.68. The minimum absolute atomic E-state index is 0.0109. The summed E-state index contributed by atoms with van der Waals surface area (Å²) in [4.78, 5) is -0.0109. The summed E-state index contributed by atoms with van der Waals surface area (Å²) in [6, 6.07) is 9.96. The van der Waals surface area contributed by atoms with E-state index < -0.39 is 10.0 Å². The summed E-state index contributed by atoms with van der Waals surface area (Å²) in [6.45, 7) is 0. The molecule has 2 aromatic carbocycles. The molecule has 0 heterocycles. The zero-order valence-corrected chi connectivity index (χ0v) is 11.1. The van der Waals surface area contributed by atoms with Crippen molar-refractivity contribution in [3.05, 3.63) is 42.5 Å². The van der Waals surface area contributed by atoms with Gasteiger partial charge in [0.05, 0.1) is 10.6 Å². The fourth-order valence-corrected chi connectivity index (χ4v) is 1.95. The Hall–Kier alpha value is -2.45. The van der Waals surface area contributed by atoms with Crippen LogP contribution in [0.3, 0.4) is 0 Å². The van der Waals surface area contributed by atoms with Crippen LogP contribution < -0.4 is 10.9 Å². The van der Waals surface area contributed by atoms with E-state index in [0.29, 0.717) is 11.4 Å². The predicted molar refractivity (Wildman–Crippen MR) is 74.5 cm³/mol. The van der Waals surface area contributed by atoms with Gasteiger partial charge in [-0.15, -0.1) is 5.11 Å². The van der Waals surface area contributed by atoms with Crippen molar-refractivity contribution < 1.29 is 13.5 Å². The summed E-state index contributed by atoms with van der Waals surface area (Å²) in [5.74, 6) is -0.0518. The molecule has 7 nitrogen and oxygen atoms in total. The third kappa shape index (κ3) is 3.31. The number of aromatic hydroxyl groups is 1. The lowest BCUT2D eigenvalue weighted by molar-refractivity contribution is 0.476. The third-order valence-corrected chi connectivity index (χ3v) is 3.37. The molecule has 0 amide bonds. The van der Waals surface area contributed by atoms with Crippen molar-refractivity contribution in [1.82, 2.24) is 0 Å². The number of nitrogens with zero attached hydrogens (tertiary/aromatic N) is 2. The number of phenolic OH excluding ortho intramolecular Hbond substituents is 1. The molecule has 0 bridgehead atoms. The summed E-state index contributed by atoms with van der Waals surface area (Å²) in [5, 5.41) is 22.3. The van der Waals surface area contributed by atoms with Crippen molar-refractivity contribution in [2.24, 2.45) is 15.4 Å². The average Bonchev–Trinajstić information content (AvgIpc) is 2.39. The van der Waals surface area contributed by atoms with E-state index in [0.717, 1.165) is 0 Å². The van der Waals surface area contributed by atoms with E-state index >= 15 is 0 Å². The molecule has 104 valence electrons. The van der Waals surface area contributed by atoms with Gasteiger partial charge in [-0.1, -0.05) is 0 Å². The van der Waals surface area contributed by atoms with Gasteiger partial charge in [-0.05, 0) is 42.5 Å². The second-order valence-corrected chi connectivity index (χ2v) is 5.55. The maximum atomic E-state index is 11.1. The zero-order chi connectivity index (χ0) is 14.8. The normalized spacial score (nSPS) is 11.8. The number of phenols is 1. The van der Waals surface area contributed by atoms with Crippen LogP contribution in [-0.2, 0) is 10.0 Å². The fourth-order valence-electron chi connectivity index (χ4n) is 1.43. The van der Waals surface area contributed by atoms with Gasteiger partial charge in [0.1, 0.15) is 11.4 Å². The number of azo groups is 1. The van der Waals surface area contributed by atoms with Crippen molar-refractivity contribution in [1.29, 1.82) is 0 Å². The van der Waals surface area contributed by atoms with Crippen LogP contribution in [0.2, 0.25) is 0 Å². The van der Waals surface area contributed by atoms with Gasteiger partial charge in [0.15, 0.2) is 0 Å². The van der Waals surface area contributed by atoms with Crippen LogP contribution in [0.25, 0.3) is 0 Å². The number of anilines is 1. The number of nitrogens with two attached hydrogens (primary N) is 2. The first-order valence-electron chi connectivity index (χ1n) is 5.49.